The third kappa shape index (κ3) is 2.79. The van der Waals surface area contributed by atoms with Gasteiger partial charge in [0.1, 0.15) is 17.2 Å². The first-order valence-electron chi connectivity index (χ1n) is 5.49. The molecule has 0 atom stereocenters. The first-order chi connectivity index (χ1) is 8.97. The third-order valence-corrected chi connectivity index (χ3v) is 2.58. The van der Waals surface area contributed by atoms with Crippen LogP contribution in [0.15, 0.2) is 30.5 Å². The number of aromatic carboxylic acids is 1. The van der Waals surface area contributed by atoms with Crippen LogP contribution in [0.25, 0.3) is 0 Å². The number of carbonyl (C=O) groups is 1. The van der Waals surface area contributed by atoms with Crippen molar-refractivity contribution in [2.45, 2.75) is 6.92 Å². The minimum absolute atomic E-state index is 0.0382. The molecule has 0 fully saturated rings. The SMILES string of the molecule is Cc1cc(F)ccc1Nc1ncc(N)cc1C(=O)O. The number of benzene rings is 1. The highest BCUT2D eigenvalue weighted by atomic mass is 19.1. The predicted octanol–water partition coefficient (Wildman–Crippen LogP) is 2.55. The van der Waals surface area contributed by atoms with Crippen molar-refractivity contribution in [3.63, 3.8) is 0 Å². The van der Waals surface area contributed by atoms with Crippen LogP contribution in [0.3, 0.4) is 0 Å². The molecule has 0 bridgehead atoms. The van der Waals surface area contributed by atoms with E-state index in [0.29, 0.717) is 11.3 Å². The molecule has 2 aromatic rings. The monoisotopic (exact) mass is 261 g/mol. The summed E-state index contributed by atoms with van der Waals surface area (Å²) >= 11 is 0. The van der Waals surface area contributed by atoms with Crippen molar-refractivity contribution in [1.29, 1.82) is 0 Å². The lowest BCUT2D eigenvalue weighted by Gasteiger charge is -2.11. The second-order valence-electron chi connectivity index (χ2n) is 4.05. The van der Waals surface area contributed by atoms with E-state index in [1.54, 1.807) is 6.92 Å². The molecule has 1 aromatic heterocycles. The molecule has 6 heteroatoms. The number of nitrogens with zero attached hydrogens (tertiary/aromatic N) is 1. The highest BCUT2D eigenvalue weighted by molar-refractivity contribution is 5.95. The molecule has 0 aliphatic rings. The van der Waals surface area contributed by atoms with E-state index in [4.69, 9.17) is 10.8 Å². The summed E-state index contributed by atoms with van der Waals surface area (Å²) in [6.07, 6.45) is 1.35. The number of hydrogen-bond donors (Lipinski definition) is 3. The van der Waals surface area contributed by atoms with Gasteiger partial charge in [0.15, 0.2) is 0 Å². The van der Waals surface area contributed by atoms with Gasteiger partial charge in [-0.25, -0.2) is 14.2 Å². The summed E-state index contributed by atoms with van der Waals surface area (Å²) in [6, 6.07) is 5.47. The molecule has 0 aliphatic heterocycles. The Balaban J connectivity index is 2.40. The van der Waals surface area contributed by atoms with Crippen molar-refractivity contribution in [3.05, 3.63) is 47.4 Å². The van der Waals surface area contributed by atoms with E-state index in [0.717, 1.165) is 0 Å². The number of pyridine rings is 1. The standard InChI is InChI=1S/C13H12FN3O2/c1-7-4-8(14)2-3-11(7)17-12-10(13(18)19)5-9(15)6-16-12/h2-6H,15H2,1H3,(H,16,17)(H,18,19). The zero-order chi connectivity index (χ0) is 14.0. The van der Waals surface area contributed by atoms with Gasteiger partial charge in [0.25, 0.3) is 0 Å². The molecule has 5 nitrogen and oxygen atoms in total. The van der Waals surface area contributed by atoms with Crippen LogP contribution >= 0.6 is 0 Å². The average molecular weight is 261 g/mol. The molecule has 0 unspecified atom stereocenters. The summed E-state index contributed by atoms with van der Waals surface area (Å²) in [6.45, 7) is 1.71. The van der Waals surface area contributed by atoms with Crippen LogP contribution < -0.4 is 11.1 Å². The van der Waals surface area contributed by atoms with E-state index in [2.05, 4.69) is 10.3 Å². The summed E-state index contributed by atoms with van der Waals surface area (Å²) in [5.41, 5.74) is 6.96. The molecule has 19 heavy (non-hydrogen) atoms. The number of nitrogen functional groups attached to an aromatic ring is 1. The van der Waals surface area contributed by atoms with Gasteiger partial charge in [-0.15, -0.1) is 0 Å². The highest BCUT2D eigenvalue weighted by Gasteiger charge is 2.13. The van der Waals surface area contributed by atoms with Crippen molar-refractivity contribution >= 4 is 23.2 Å². The number of rotatable bonds is 3. The average Bonchev–Trinajstić information content (AvgIpc) is 2.34. The van der Waals surface area contributed by atoms with Crippen molar-refractivity contribution < 1.29 is 14.3 Å². The van der Waals surface area contributed by atoms with Gasteiger partial charge in [0.05, 0.1) is 11.9 Å². The largest absolute Gasteiger partial charge is 0.478 e. The van der Waals surface area contributed by atoms with Crippen LogP contribution in [-0.2, 0) is 0 Å². The second kappa shape index (κ2) is 4.93. The van der Waals surface area contributed by atoms with Gasteiger partial charge < -0.3 is 16.2 Å². The molecule has 2 rings (SSSR count). The Morgan fingerprint density at radius 3 is 2.79 bits per heavy atom. The fourth-order valence-corrected chi connectivity index (χ4v) is 1.64. The van der Waals surface area contributed by atoms with Gasteiger partial charge in [-0.1, -0.05) is 0 Å². The zero-order valence-corrected chi connectivity index (χ0v) is 10.1. The molecule has 1 aromatic carbocycles. The summed E-state index contributed by atoms with van der Waals surface area (Å²) in [5, 5.41) is 11.9. The number of halogens is 1. The molecule has 0 radical (unpaired) electrons. The van der Waals surface area contributed by atoms with E-state index in [-0.39, 0.29) is 22.9 Å². The Morgan fingerprint density at radius 1 is 1.42 bits per heavy atom. The van der Waals surface area contributed by atoms with Crippen LogP contribution in [0.2, 0.25) is 0 Å². The maximum absolute atomic E-state index is 13.0. The first kappa shape index (κ1) is 12.8. The Hall–Kier alpha value is -2.63. The Morgan fingerprint density at radius 2 is 2.16 bits per heavy atom. The van der Waals surface area contributed by atoms with E-state index < -0.39 is 5.97 Å². The van der Waals surface area contributed by atoms with Crippen molar-refractivity contribution in [3.8, 4) is 0 Å². The third-order valence-electron chi connectivity index (χ3n) is 2.58. The molecule has 0 saturated carbocycles. The van der Waals surface area contributed by atoms with Gasteiger partial charge in [0.2, 0.25) is 0 Å². The molecule has 1 heterocycles. The molecule has 0 spiro atoms. The molecule has 98 valence electrons. The van der Waals surface area contributed by atoms with Crippen LogP contribution in [0.5, 0.6) is 0 Å². The number of aryl methyl sites for hydroxylation is 1. The second-order valence-corrected chi connectivity index (χ2v) is 4.05. The Bertz CT molecular complexity index is 644. The number of anilines is 3. The molecular weight excluding hydrogens is 249 g/mol. The quantitative estimate of drug-likeness (QED) is 0.790. The van der Waals surface area contributed by atoms with Crippen LogP contribution in [0.1, 0.15) is 15.9 Å². The number of aromatic nitrogens is 1. The normalized spacial score (nSPS) is 10.2. The van der Waals surface area contributed by atoms with Gasteiger partial charge >= 0.3 is 5.97 Å². The van der Waals surface area contributed by atoms with Gasteiger partial charge in [0, 0.05) is 5.69 Å². The maximum Gasteiger partial charge on any atom is 0.339 e. The number of hydrogen-bond acceptors (Lipinski definition) is 4. The van der Waals surface area contributed by atoms with Gasteiger partial charge in [-0.3, -0.25) is 0 Å². The molecule has 0 amide bonds. The number of nitrogens with two attached hydrogens (primary N) is 1. The molecular formula is C13H12FN3O2. The summed E-state index contributed by atoms with van der Waals surface area (Å²) in [4.78, 5) is 15.1. The lowest BCUT2D eigenvalue weighted by molar-refractivity contribution is 0.0697. The molecule has 0 saturated heterocycles. The number of carboxylic acid groups (broad SMARTS) is 1. The van der Waals surface area contributed by atoms with E-state index in [1.807, 2.05) is 0 Å². The first-order valence-corrected chi connectivity index (χ1v) is 5.49. The van der Waals surface area contributed by atoms with Crippen LogP contribution in [-0.4, -0.2) is 16.1 Å². The minimum atomic E-state index is -1.14. The van der Waals surface area contributed by atoms with Crippen molar-refractivity contribution in [2.24, 2.45) is 0 Å². The fourth-order valence-electron chi connectivity index (χ4n) is 1.64. The summed E-state index contributed by atoms with van der Waals surface area (Å²) < 4.78 is 13.0. The van der Waals surface area contributed by atoms with Crippen LogP contribution in [0, 0.1) is 12.7 Å². The summed E-state index contributed by atoms with van der Waals surface area (Å²) in [5.74, 6) is -1.33. The van der Waals surface area contributed by atoms with E-state index in [1.165, 1.54) is 30.5 Å². The van der Waals surface area contributed by atoms with Crippen molar-refractivity contribution in [2.75, 3.05) is 11.1 Å². The predicted molar refractivity (Wildman–Crippen MR) is 70.0 cm³/mol. The number of carboxylic acids is 1. The smallest absolute Gasteiger partial charge is 0.339 e. The number of nitrogens with one attached hydrogen (secondary N) is 1. The molecule has 0 aliphatic carbocycles. The maximum atomic E-state index is 13.0. The van der Waals surface area contributed by atoms with E-state index in [9.17, 15) is 9.18 Å². The lowest BCUT2D eigenvalue weighted by atomic mass is 10.2. The lowest BCUT2D eigenvalue weighted by Crippen LogP contribution is -2.06. The van der Waals surface area contributed by atoms with E-state index >= 15 is 0 Å². The zero-order valence-electron chi connectivity index (χ0n) is 10.1. The van der Waals surface area contributed by atoms with Gasteiger partial charge in [-0.2, -0.15) is 0 Å². The van der Waals surface area contributed by atoms with Crippen molar-refractivity contribution in [1.82, 2.24) is 4.98 Å². The topological polar surface area (TPSA) is 88.2 Å². The summed E-state index contributed by atoms with van der Waals surface area (Å²) in [7, 11) is 0. The highest BCUT2D eigenvalue weighted by Crippen LogP contribution is 2.23. The molecule has 4 N–H and O–H groups in total. The van der Waals surface area contributed by atoms with Crippen LogP contribution in [0.4, 0.5) is 21.6 Å². The minimum Gasteiger partial charge on any atom is -0.478 e. The Labute approximate surface area is 108 Å². The Kier molecular flexibility index (Phi) is 3.33. The van der Waals surface area contributed by atoms with Gasteiger partial charge in [-0.05, 0) is 36.8 Å². The fraction of sp³-hybridized carbons (Fsp3) is 0.0769.